The molecule has 0 radical (unpaired) electrons. The molecule has 1 atom stereocenters. The summed E-state index contributed by atoms with van der Waals surface area (Å²) in [6.07, 6.45) is 0. The molecule has 0 fully saturated rings. The van der Waals surface area contributed by atoms with Crippen molar-refractivity contribution in [2.45, 2.75) is 13.0 Å². The van der Waals surface area contributed by atoms with E-state index in [-0.39, 0.29) is 18.4 Å². The largest absolute Gasteiger partial charge is 0.325 e. The molecule has 0 saturated heterocycles. The average Bonchev–Trinajstić information content (AvgIpc) is 2.54. The summed E-state index contributed by atoms with van der Waals surface area (Å²) < 4.78 is 13.1. The van der Waals surface area contributed by atoms with E-state index in [2.05, 4.69) is 10.6 Å². The quantitative estimate of drug-likeness (QED) is 0.857. The molecule has 0 aliphatic heterocycles. The van der Waals surface area contributed by atoms with Gasteiger partial charge in [-0.1, -0.05) is 24.3 Å². The molecule has 5 nitrogen and oxygen atoms in total. The Balaban J connectivity index is 1.87. The van der Waals surface area contributed by atoms with Crippen LogP contribution in [0, 0.1) is 5.82 Å². The molecule has 126 valence electrons. The van der Waals surface area contributed by atoms with Crippen LogP contribution in [0.4, 0.5) is 15.8 Å². The number of likely N-dealkylation sites (N-methyl/N-ethyl adjacent to an activating group) is 1. The van der Waals surface area contributed by atoms with Gasteiger partial charge in [0.2, 0.25) is 11.8 Å². The first-order valence-electron chi connectivity index (χ1n) is 7.57. The molecule has 0 saturated carbocycles. The third-order valence-corrected chi connectivity index (χ3v) is 3.58. The highest BCUT2D eigenvalue weighted by Crippen LogP contribution is 2.10. The fraction of sp³-hybridized carbons (Fsp3) is 0.222. The van der Waals surface area contributed by atoms with Crippen LogP contribution in [0.5, 0.6) is 0 Å². The molecule has 2 aromatic carbocycles. The number of nitrogens with one attached hydrogen (secondary N) is 2. The van der Waals surface area contributed by atoms with Gasteiger partial charge in [0.15, 0.2) is 0 Å². The van der Waals surface area contributed by atoms with E-state index in [1.54, 1.807) is 37.1 Å². The zero-order valence-corrected chi connectivity index (χ0v) is 13.6. The molecule has 0 spiro atoms. The maximum absolute atomic E-state index is 13.1. The van der Waals surface area contributed by atoms with Gasteiger partial charge in [0.05, 0.1) is 12.6 Å². The van der Waals surface area contributed by atoms with E-state index in [1.165, 1.54) is 18.2 Å². The first kappa shape index (κ1) is 17.6. The molecule has 2 aromatic rings. The second kappa shape index (κ2) is 8.21. The van der Waals surface area contributed by atoms with Gasteiger partial charge < -0.3 is 10.6 Å². The van der Waals surface area contributed by atoms with Gasteiger partial charge >= 0.3 is 0 Å². The van der Waals surface area contributed by atoms with Gasteiger partial charge in [-0.3, -0.25) is 14.5 Å². The average molecular weight is 329 g/mol. The molecule has 0 unspecified atom stereocenters. The highest BCUT2D eigenvalue weighted by atomic mass is 19.1. The number of nitrogens with zero attached hydrogens (tertiary/aromatic N) is 1. The van der Waals surface area contributed by atoms with Crippen LogP contribution >= 0.6 is 0 Å². The standard InChI is InChI=1S/C18H20FN3O2/c1-13(18(24)21-15-8-4-3-5-9-15)22(2)12-17(23)20-16-10-6-7-14(19)11-16/h3-11,13H,12H2,1-2H3,(H,20,23)(H,21,24)/t13-/m0/s1. The summed E-state index contributed by atoms with van der Waals surface area (Å²) in [6, 6.07) is 14.3. The number of rotatable bonds is 6. The molecule has 0 aromatic heterocycles. The Hall–Kier alpha value is -2.73. The van der Waals surface area contributed by atoms with Gasteiger partial charge in [-0.2, -0.15) is 0 Å². The normalized spacial score (nSPS) is 11.8. The minimum absolute atomic E-state index is 0.0138. The number of carbonyl (C=O) groups excluding carboxylic acids is 2. The Bertz CT molecular complexity index is 706. The van der Waals surface area contributed by atoms with Crippen molar-refractivity contribution in [3.8, 4) is 0 Å². The van der Waals surface area contributed by atoms with Crippen molar-refractivity contribution in [2.75, 3.05) is 24.2 Å². The van der Waals surface area contributed by atoms with Crippen LogP contribution in [-0.4, -0.2) is 36.3 Å². The number of anilines is 2. The zero-order chi connectivity index (χ0) is 17.5. The van der Waals surface area contributed by atoms with E-state index in [4.69, 9.17) is 0 Å². The lowest BCUT2D eigenvalue weighted by atomic mass is 10.2. The minimum Gasteiger partial charge on any atom is -0.325 e. The highest BCUT2D eigenvalue weighted by molar-refractivity contribution is 5.96. The van der Waals surface area contributed by atoms with Crippen LogP contribution in [-0.2, 0) is 9.59 Å². The first-order valence-corrected chi connectivity index (χ1v) is 7.57. The Morgan fingerprint density at radius 1 is 1.04 bits per heavy atom. The summed E-state index contributed by atoms with van der Waals surface area (Å²) >= 11 is 0. The molecule has 24 heavy (non-hydrogen) atoms. The van der Waals surface area contributed by atoms with E-state index in [1.807, 2.05) is 18.2 Å². The molecular formula is C18H20FN3O2. The third-order valence-electron chi connectivity index (χ3n) is 3.58. The summed E-state index contributed by atoms with van der Waals surface area (Å²) in [4.78, 5) is 25.8. The van der Waals surface area contributed by atoms with Crippen LogP contribution in [0.25, 0.3) is 0 Å². The molecule has 2 rings (SSSR count). The third kappa shape index (κ3) is 5.17. The summed E-state index contributed by atoms with van der Waals surface area (Å²) in [5.74, 6) is -0.943. The van der Waals surface area contributed by atoms with Gasteiger partial charge in [-0.05, 0) is 44.3 Å². The Labute approximate surface area is 140 Å². The molecule has 0 heterocycles. The molecule has 2 amide bonds. The fourth-order valence-corrected chi connectivity index (χ4v) is 2.10. The number of hydrogen-bond acceptors (Lipinski definition) is 3. The lowest BCUT2D eigenvalue weighted by molar-refractivity contribution is -0.122. The van der Waals surface area contributed by atoms with Crippen LogP contribution in [0.2, 0.25) is 0 Å². The van der Waals surface area contributed by atoms with Crippen molar-refractivity contribution in [1.29, 1.82) is 0 Å². The van der Waals surface area contributed by atoms with Gasteiger partial charge in [-0.15, -0.1) is 0 Å². The predicted molar refractivity (Wildman–Crippen MR) is 92.2 cm³/mol. The smallest absolute Gasteiger partial charge is 0.241 e. The molecule has 2 N–H and O–H groups in total. The Kier molecular flexibility index (Phi) is 6.03. The van der Waals surface area contributed by atoms with Gasteiger partial charge in [0.1, 0.15) is 5.82 Å². The van der Waals surface area contributed by atoms with Gasteiger partial charge in [0, 0.05) is 11.4 Å². The summed E-state index contributed by atoms with van der Waals surface area (Å²) in [6.45, 7) is 1.73. The predicted octanol–water partition coefficient (Wildman–Crippen LogP) is 2.72. The summed E-state index contributed by atoms with van der Waals surface area (Å²) in [5, 5.41) is 5.40. The van der Waals surface area contributed by atoms with E-state index in [9.17, 15) is 14.0 Å². The van der Waals surface area contributed by atoms with Crippen LogP contribution < -0.4 is 10.6 Å². The lowest BCUT2D eigenvalue weighted by Crippen LogP contribution is -2.43. The number of para-hydroxylation sites is 1. The summed E-state index contributed by atoms with van der Waals surface area (Å²) in [7, 11) is 1.68. The SMILES string of the molecule is C[C@@H](C(=O)Nc1ccccc1)N(C)CC(=O)Nc1cccc(F)c1. The Morgan fingerprint density at radius 2 is 1.71 bits per heavy atom. The van der Waals surface area contributed by atoms with E-state index >= 15 is 0 Å². The van der Waals surface area contributed by atoms with Gasteiger partial charge in [0.25, 0.3) is 0 Å². The van der Waals surface area contributed by atoms with E-state index in [0.29, 0.717) is 11.4 Å². The van der Waals surface area contributed by atoms with Crippen molar-refractivity contribution in [3.63, 3.8) is 0 Å². The molecule has 0 aliphatic carbocycles. The monoisotopic (exact) mass is 329 g/mol. The Morgan fingerprint density at radius 3 is 2.38 bits per heavy atom. The fourth-order valence-electron chi connectivity index (χ4n) is 2.10. The molecular weight excluding hydrogens is 309 g/mol. The number of halogens is 1. The number of benzene rings is 2. The maximum Gasteiger partial charge on any atom is 0.241 e. The summed E-state index contributed by atoms with van der Waals surface area (Å²) in [5.41, 5.74) is 1.08. The van der Waals surface area contributed by atoms with E-state index < -0.39 is 11.9 Å². The second-order valence-electron chi connectivity index (χ2n) is 5.50. The number of carbonyl (C=O) groups is 2. The van der Waals surface area contributed by atoms with Crippen molar-refractivity contribution >= 4 is 23.2 Å². The van der Waals surface area contributed by atoms with Crippen LogP contribution in [0.15, 0.2) is 54.6 Å². The van der Waals surface area contributed by atoms with E-state index in [0.717, 1.165) is 0 Å². The van der Waals surface area contributed by atoms with Gasteiger partial charge in [-0.25, -0.2) is 4.39 Å². The molecule has 0 aliphatic rings. The topological polar surface area (TPSA) is 61.4 Å². The molecule has 0 bridgehead atoms. The lowest BCUT2D eigenvalue weighted by Gasteiger charge is -2.23. The van der Waals surface area contributed by atoms with Crippen molar-refractivity contribution in [2.24, 2.45) is 0 Å². The van der Waals surface area contributed by atoms with Crippen molar-refractivity contribution < 1.29 is 14.0 Å². The van der Waals surface area contributed by atoms with Crippen LogP contribution in [0.3, 0.4) is 0 Å². The minimum atomic E-state index is -0.497. The van der Waals surface area contributed by atoms with Crippen LogP contribution in [0.1, 0.15) is 6.92 Å². The van der Waals surface area contributed by atoms with Crippen molar-refractivity contribution in [3.05, 3.63) is 60.4 Å². The second-order valence-corrected chi connectivity index (χ2v) is 5.50. The highest BCUT2D eigenvalue weighted by Gasteiger charge is 2.20. The number of amides is 2. The maximum atomic E-state index is 13.1. The zero-order valence-electron chi connectivity index (χ0n) is 13.6. The number of hydrogen-bond donors (Lipinski definition) is 2. The molecule has 6 heteroatoms. The van der Waals surface area contributed by atoms with Crippen molar-refractivity contribution in [1.82, 2.24) is 4.90 Å². The first-order chi connectivity index (χ1) is 11.5.